The summed E-state index contributed by atoms with van der Waals surface area (Å²) in [5, 5.41) is 8.44. The maximum atomic E-state index is 11.8. The Kier molecular flexibility index (Phi) is 5.04. The molecule has 1 fully saturated rings. The van der Waals surface area contributed by atoms with Gasteiger partial charge in [-0.3, -0.25) is 19.3 Å². The van der Waals surface area contributed by atoms with Crippen molar-refractivity contribution in [3.8, 4) is 6.07 Å². The van der Waals surface area contributed by atoms with E-state index in [1.165, 1.54) is 9.80 Å². The largest absolute Gasteiger partial charge is 0.345 e. The third-order valence-electron chi connectivity index (χ3n) is 3.60. The lowest BCUT2D eigenvalue weighted by Gasteiger charge is -2.18. The van der Waals surface area contributed by atoms with Crippen molar-refractivity contribution in [2.75, 3.05) is 20.1 Å². The van der Waals surface area contributed by atoms with Gasteiger partial charge in [-0.05, 0) is 0 Å². The maximum absolute atomic E-state index is 11.8. The zero-order chi connectivity index (χ0) is 14.6. The van der Waals surface area contributed by atoms with Crippen LogP contribution in [0.5, 0.6) is 0 Å². The number of hydrogen-bond donors (Lipinski definition) is 0. The van der Waals surface area contributed by atoms with Crippen molar-refractivity contribution in [1.82, 2.24) is 9.80 Å². The van der Waals surface area contributed by atoms with E-state index in [0.29, 0.717) is 6.54 Å². The Bertz CT molecular complexity index is 407. The number of likely N-dealkylation sites (tertiary alicyclic amines) is 1. The fraction of sp³-hybridized carbons (Fsp3) is 0.692. The van der Waals surface area contributed by atoms with Crippen molar-refractivity contribution in [2.45, 2.75) is 26.7 Å². The monoisotopic (exact) mass is 265 g/mol. The summed E-state index contributed by atoms with van der Waals surface area (Å²) in [6, 6.07) is 1.96. The van der Waals surface area contributed by atoms with Crippen LogP contribution in [0.2, 0.25) is 0 Å². The van der Waals surface area contributed by atoms with Crippen molar-refractivity contribution in [3.63, 3.8) is 0 Å². The molecule has 1 rings (SSSR count). The molecule has 1 aliphatic rings. The van der Waals surface area contributed by atoms with Gasteiger partial charge in [0.1, 0.15) is 0 Å². The molecule has 19 heavy (non-hydrogen) atoms. The molecule has 6 nitrogen and oxygen atoms in total. The third kappa shape index (κ3) is 3.31. The smallest absolute Gasteiger partial charge is 0.232 e. The Hall–Kier alpha value is -1.90. The first-order valence-electron chi connectivity index (χ1n) is 6.36. The van der Waals surface area contributed by atoms with Gasteiger partial charge in [-0.1, -0.05) is 13.8 Å². The van der Waals surface area contributed by atoms with Crippen LogP contribution < -0.4 is 0 Å². The Morgan fingerprint density at radius 3 is 2.32 bits per heavy atom. The standard InChI is InChI=1S/C13H19N3O3/c1-9-10(2)13(19)16(12(9)18)8-5-11(17)15(3)7-4-6-14/h9-10H,4-5,7-8H2,1-3H3. The van der Waals surface area contributed by atoms with E-state index < -0.39 is 0 Å². The summed E-state index contributed by atoms with van der Waals surface area (Å²) in [6.07, 6.45) is 0.386. The van der Waals surface area contributed by atoms with E-state index in [1.807, 2.05) is 6.07 Å². The van der Waals surface area contributed by atoms with Crippen molar-refractivity contribution in [3.05, 3.63) is 0 Å². The summed E-state index contributed by atoms with van der Waals surface area (Å²) in [6.45, 7) is 3.95. The summed E-state index contributed by atoms with van der Waals surface area (Å²) >= 11 is 0. The number of nitriles is 1. The van der Waals surface area contributed by atoms with E-state index in [4.69, 9.17) is 5.26 Å². The highest BCUT2D eigenvalue weighted by molar-refractivity contribution is 6.04. The van der Waals surface area contributed by atoms with E-state index in [2.05, 4.69) is 0 Å². The van der Waals surface area contributed by atoms with E-state index >= 15 is 0 Å². The summed E-state index contributed by atoms with van der Waals surface area (Å²) in [7, 11) is 1.61. The van der Waals surface area contributed by atoms with Gasteiger partial charge in [0, 0.05) is 38.4 Å². The summed E-state index contributed by atoms with van der Waals surface area (Å²) in [4.78, 5) is 38.0. The molecule has 1 aliphatic heterocycles. The molecule has 0 bridgehead atoms. The number of rotatable bonds is 5. The van der Waals surface area contributed by atoms with Crippen LogP contribution in [-0.2, 0) is 14.4 Å². The molecular weight excluding hydrogens is 246 g/mol. The molecule has 6 heteroatoms. The van der Waals surface area contributed by atoms with E-state index in [9.17, 15) is 14.4 Å². The molecule has 2 unspecified atom stereocenters. The molecule has 1 saturated heterocycles. The Morgan fingerprint density at radius 2 is 1.84 bits per heavy atom. The van der Waals surface area contributed by atoms with Crippen LogP contribution in [-0.4, -0.2) is 47.7 Å². The number of hydrogen-bond acceptors (Lipinski definition) is 4. The highest BCUT2D eigenvalue weighted by atomic mass is 16.2. The second-order valence-corrected chi connectivity index (χ2v) is 4.88. The Labute approximate surface area is 113 Å². The van der Waals surface area contributed by atoms with Crippen molar-refractivity contribution in [1.29, 1.82) is 5.26 Å². The topological polar surface area (TPSA) is 81.5 Å². The molecule has 0 spiro atoms. The number of amides is 3. The molecule has 0 aromatic rings. The van der Waals surface area contributed by atoms with Crippen molar-refractivity contribution in [2.24, 2.45) is 11.8 Å². The zero-order valence-electron chi connectivity index (χ0n) is 11.5. The van der Waals surface area contributed by atoms with Crippen molar-refractivity contribution >= 4 is 17.7 Å². The van der Waals surface area contributed by atoms with Gasteiger partial charge >= 0.3 is 0 Å². The lowest BCUT2D eigenvalue weighted by atomic mass is 10.00. The molecule has 3 amide bonds. The Balaban J connectivity index is 2.49. The molecule has 0 saturated carbocycles. The molecule has 0 radical (unpaired) electrons. The highest BCUT2D eigenvalue weighted by Crippen LogP contribution is 2.25. The molecule has 1 heterocycles. The molecule has 0 aliphatic carbocycles. The van der Waals surface area contributed by atoms with Gasteiger partial charge in [0.2, 0.25) is 17.7 Å². The molecule has 104 valence electrons. The number of nitrogens with zero attached hydrogens (tertiary/aromatic N) is 3. The third-order valence-corrected chi connectivity index (χ3v) is 3.60. The van der Waals surface area contributed by atoms with Crippen LogP contribution in [0.25, 0.3) is 0 Å². The fourth-order valence-electron chi connectivity index (χ4n) is 1.99. The number of carbonyl (C=O) groups excluding carboxylic acids is 3. The van der Waals surface area contributed by atoms with Crippen LogP contribution in [0.1, 0.15) is 26.7 Å². The number of imide groups is 1. The Morgan fingerprint density at radius 1 is 1.32 bits per heavy atom. The molecule has 0 aromatic carbocycles. The minimum absolute atomic E-state index is 0.110. The molecular formula is C13H19N3O3. The van der Waals surface area contributed by atoms with Crippen LogP contribution in [0.15, 0.2) is 0 Å². The normalized spacial score (nSPS) is 22.5. The first-order valence-corrected chi connectivity index (χ1v) is 6.36. The van der Waals surface area contributed by atoms with Gasteiger partial charge in [0.05, 0.1) is 12.5 Å². The summed E-state index contributed by atoms with van der Waals surface area (Å²) in [5.41, 5.74) is 0. The predicted molar refractivity (Wildman–Crippen MR) is 67.5 cm³/mol. The lowest BCUT2D eigenvalue weighted by Crippen LogP contribution is -2.36. The van der Waals surface area contributed by atoms with Gasteiger partial charge in [-0.2, -0.15) is 5.26 Å². The van der Waals surface area contributed by atoms with Crippen LogP contribution in [0.3, 0.4) is 0 Å². The van der Waals surface area contributed by atoms with E-state index in [0.717, 1.165) is 0 Å². The van der Waals surface area contributed by atoms with Crippen LogP contribution >= 0.6 is 0 Å². The van der Waals surface area contributed by atoms with E-state index in [1.54, 1.807) is 20.9 Å². The maximum Gasteiger partial charge on any atom is 0.232 e. The highest BCUT2D eigenvalue weighted by Gasteiger charge is 2.41. The fourth-order valence-corrected chi connectivity index (χ4v) is 1.99. The van der Waals surface area contributed by atoms with Crippen LogP contribution in [0, 0.1) is 23.2 Å². The molecule has 0 aromatic heterocycles. The minimum Gasteiger partial charge on any atom is -0.345 e. The summed E-state index contributed by atoms with van der Waals surface area (Å²) in [5.74, 6) is -1.18. The SMILES string of the molecule is CC1C(=O)N(CCC(=O)N(C)CCC#N)C(=O)C1C. The van der Waals surface area contributed by atoms with Gasteiger partial charge in [0.25, 0.3) is 0 Å². The van der Waals surface area contributed by atoms with Crippen LogP contribution in [0.4, 0.5) is 0 Å². The van der Waals surface area contributed by atoms with Gasteiger partial charge in [0.15, 0.2) is 0 Å². The summed E-state index contributed by atoms with van der Waals surface area (Å²) < 4.78 is 0. The predicted octanol–water partition coefficient (Wildman–Crippen LogP) is 0.390. The number of carbonyl (C=O) groups is 3. The van der Waals surface area contributed by atoms with Gasteiger partial charge < -0.3 is 4.90 Å². The first-order chi connectivity index (χ1) is 8.90. The van der Waals surface area contributed by atoms with Crippen molar-refractivity contribution < 1.29 is 14.4 Å². The zero-order valence-corrected chi connectivity index (χ0v) is 11.5. The van der Waals surface area contributed by atoms with E-state index in [-0.39, 0.29) is 48.9 Å². The van der Waals surface area contributed by atoms with Gasteiger partial charge in [-0.25, -0.2) is 0 Å². The molecule has 2 atom stereocenters. The second kappa shape index (κ2) is 6.32. The minimum atomic E-state index is -0.307. The average Bonchev–Trinajstić information content (AvgIpc) is 2.58. The first kappa shape index (κ1) is 15.2. The van der Waals surface area contributed by atoms with Gasteiger partial charge in [-0.15, -0.1) is 0 Å². The quantitative estimate of drug-likeness (QED) is 0.673. The average molecular weight is 265 g/mol. The lowest BCUT2D eigenvalue weighted by molar-refractivity contribution is -0.140. The second-order valence-electron chi connectivity index (χ2n) is 4.88. The molecule has 0 N–H and O–H groups in total.